The molecule has 8 nitrogen and oxygen atoms in total. The number of hydrogen-bond donors (Lipinski definition) is 2. The van der Waals surface area contributed by atoms with E-state index in [1.807, 2.05) is 32.9 Å². The van der Waals surface area contributed by atoms with Gasteiger partial charge in [-0.2, -0.15) is 0 Å². The second-order valence-corrected chi connectivity index (χ2v) is 9.28. The van der Waals surface area contributed by atoms with E-state index in [0.717, 1.165) is 40.3 Å². The number of sulfone groups is 1. The molecule has 1 amide bonds. The van der Waals surface area contributed by atoms with Crippen LogP contribution in [0.1, 0.15) is 16.7 Å². The van der Waals surface area contributed by atoms with Crippen molar-refractivity contribution in [1.29, 1.82) is 0 Å². The van der Waals surface area contributed by atoms with E-state index >= 15 is 0 Å². The average molecular weight is 397 g/mol. The zero-order valence-corrected chi connectivity index (χ0v) is 16.4. The number of hydrogen-bond acceptors (Lipinski definition) is 7. The van der Waals surface area contributed by atoms with Crippen LogP contribution in [0.25, 0.3) is 0 Å². The van der Waals surface area contributed by atoms with E-state index in [4.69, 9.17) is 0 Å². The molecular formula is C16H19N3O5S2. The van der Waals surface area contributed by atoms with Crippen molar-refractivity contribution in [2.75, 3.05) is 23.4 Å². The molecule has 1 aromatic carbocycles. The average Bonchev–Trinajstić information content (AvgIpc) is 2.93. The van der Waals surface area contributed by atoms with Crippen LogP contribution in [-0.2, 0) is 14.6 Å². The predicted octanol–water partition coefficient (Wildman–Crippen LogP) is 3.04. The minimum absolute atomic E-state index is 0.0305. The molecule has 0 aliphatic carbocycles. The zero-order chi connectivity index (χ0) is 19.6. The SMILES string of the molecule is Cc1cc(C)c(NC(=O)CNc2sc(S(C)(=O)=O)cc2[N+](=O)[O-])c(C)c1. The third kappa shape index (κ3) is 4.58. The van der Waals surface area contributed by atoms with Crippen LogP contribution in [0.3, 0.4) is 0 Å². The molecule has 0 aliphatic heterocycles. The summed E-state index contributed by atoms with van der Waals surface area (Å²) in [6.07, 6.45) is 0.974. The Labute approximate surface area is 155 Å². The van der Waals surface area contributed by atoms with Gasteiger partial charge in [0.05, 0.1) is 11.5 Å². The van der Waals surface area contributed by atoms with E-state index in [1.165, 1.54) is 0 Å². The lowest BCUT2D eigenvalue weighted by Crippen LogP contribution is -2.22. The Balaban J connectivity index is 2.15. The van der Waals surface area contributed by atoms with E-state index in [-0.39, 0.29) is 27.3 Å². The first-order valence-electron chi connectivity index (χ1n) is 7.59. The van der Waals surface area contributed by atoms with Crippen LogP contribution in [-0.4, -0.2) is 32.0 Å². The molecule has 26 heavy (non-hydrogen) atoms. The molecule has 0 fully saturated rings. The number of anilines is 2. The number of rotatable bonds is 6. The molecule has 140 valence electrons. The lowest BCUT2D eigenvalue weighted by Gasteiger charge is -2.13. The monoisotopic (exact) mass is 397 g/mol. The predicted molar refractivity (Wildman–Crippen MR) is 102 cm³/mol. The quantitative estimate of drug-likeness (QED) is 0.571. The van der Waals surface area contributed by atoms with Crippen LogP contribution >= 0.6 is 11.3 Å². The topological polar surface area (TPSA) is 118 Å². The Kier molecular flexibility index (Phi) is 5.67. The van der Waals surface area contributed by atoms with Crippen LogP contribution in [0.2, 0.25) is 0 Å². The molecule has 0 spiro atoms. The molecule has 0 saturated heterocycles. The van der Waals surface area contributed by atoms with E-state index < -0.39 is 14.8 Å². The van der Waals surface area contributed by atoms with Gasteiger partial charge in [-0.3, -0.25) is 14.9 Å². The van der Waals surface area contributed by atoms with Crippen molar-refractivity contribution < 1.29 is 18.1 Å². The van der Waals surface area contributed by atoms with Gasteiger partial charge in [0, 0.05) is 18.0 Å². The Morgan fingerprint density at radius 2 is 1.77 bits per heavy atom. The smallest absolute Gasteiger partial charge is 0.304 e. The maximum Gasteiger partial charge on any atom is 0.304 e. The summed E-state index contributed by atoms with van der Waals surface area (Å²) < 4.78 is 23.0. The highest BCUT2D eigenvalue weighted by molar-refractivity contribution is 7.92. The summed E-state index contributed by atoms with van der Waals surface area (Å²) in [5, 5.41) is 16.6. The summed E-state index contributed by atoms with van der Waals surface area (Å²) in [5.41, 5.74) is 3.24. The highest BCUT2D eigenvalue weighted by atomic mass is 32.2. The number of benzene rings is 1. The molecule has 2 N–H and O–H groups in total. The van der Waals surface area contributed by atoms with Gasteiger partial charge in [0.2, 0.25) is 5.91 Å². The molecule has 1 heterocycles. The fourth-order valence-electron chi connectivity index (χ4n) is 2.53. The van der Waals surface area contributed by atoms with E-state index in [2.05, 4.69) is 10.6 Å². The van der Waals surface area contributed by atoms with E-state index in [0.29, 0.717) is 5.69 Å². The van der Waals surface area contributed by atoms with Gasteiger partial charge in [-0.05, 0) is 31.9 Å². The van der Waals surface area contributed by atoms with Crippen molar-refractivity contribution in [2.45, 2.75) is 25.0 Å². The maximum absolute atomic E-state index is 12.2. The molecule has 1 aromatic heterocycles. The molecule has 2 rings (SSSR count). The summed E-state index contributed by atoms with van der Waals surface area (Å²) in [4.78, 5) is 22.6. The van der Waals surface area contributed by atoms with Crippen molar-refractivity contribution in [3.8, 4) is 0 Å². The van der Waals surface area contributed by atoms with Crippen LogP contribution in [0, 0.1) is 30.9 Å². The summed E-state index contributed by atoms with van der Waals surface area (Å²) >= 11 is 0.731. The molecule has 2 aromatic rings. The van der Waals surface area contributed by atoms with Crippen LogP contribution in [0.4, 0.5) is 16.4 Å². The van der Waals surface area contributed by atoms with Crippen molar-refractivity contribution in [3.05, 3.63) is 45.0 Å². The van der Waals surface area contributed by atoms with Crippen LogP contribution in [0.15, 0.2) is 22.4 Å². The van der Waals surface area contributed by atoms with E-state index in [1.54, 1.807) is 0 Å². The minimum atomic E-state index is -3.57. The highest BCUT2D eigenvalue weighted by Gasteiger charge is 2.24. The first kappa shape index (κ1) is 19.9. The highest BCUT2D eigenvalue weighted by Crippen LogP contribution is 2.36. The normalized spacial score (nSPS) is 11.2. The molecule has 0 saturated carbocycles. The Hall–Kier alpha value is -2.46. The third-order valence-electron chi connectivity index (χ3n) is 3.60. The molecular weight excluding hydrogens is 378 g/mol. The van der Waals surface area contributed by atoms with Gasteiger partial charge < -0.3 is 10.6 Å². The number of aryl methyl sites for hydroxylation is 3. The molecule has 0 bridgehead atoms. The summed E-state index contributed by atoms with van der Waals surface area (Å²) in [6.45, 7) is 5.50. The Morgan fingerprint density at radius 1 is 1.19 bits per heavy atom. The fraction of sp³-hybridized carbons (Fsp3) is 0.312. The van der Waals surface area contributed by atoms with Gasteiger partial charge in [0.25, 0.3) is 0 Å². The van der Waals surface area contributed by atoms with E-state index in [9.17, 15) is 23.3 Å². The lowest BCUT2D eigenvalue weighted by atomic mass is 10.1. The molecule has 0 atom stereocenters. The second kappa shape index (κ2) is 7.42. The van der Waals surface area contributed by atoms with Gasteiger partial charge in [-0.25, -0.2) is 8.42 Å². The number of thiophene rings is 1. The number of carbonyl (C=O) groups excluding carboxylic acids is 1. The van der Waals surface area contributed by atoms with Crippen LogP contribution < -0.4 is 10.6 Å². The number of nitrogens with zero attached hydrogens (tertiary/aromatic N) is 1. The standard InChI is InChI=1S/C16H19N3O5S2/c1-9-5-10(2)15(11(3)6-9)18-13(20)8-17-16-12(19(21)22)7-14(25-16)26(4,23)24/h5-7,17H,8H2,1-4H3,(H,18,20). The lowest BCUT2D eigenvalue weighted by molar-refractivity contribution is -0.383. The Morgan fingerprint density at radius 3 is 2.27 bits per heavy atom. The van der Waals surface area contributed by atoms with Crippen molar-refractivity contribution in [3.63, 3.8) is 0 Å². The number of amides is 1. The fourth-order valence-corrected chi connectivity index (χ4v) is 4.46. The third-order valence-corrected chi connectivity index (χ3v) is 6.49. The Bertz CT molecular complexity index is 957. The largest absolute Gasteiger partial charge is 0.362 e. The van der Waals surface area contributed by atoms with Gasteiger partial charge in [0.1, 0.15) is 4.21 Å². The van der Waals surface area contributed by atoms with Crippen molar-refractivity contribution >= 4 is 43.5 Å². The first-order valence-corrected chi connectivity index (χ1v) is 10.3. The molecule has 10 heteroatoms. The van der Waals surface area contributed by atoms with Crippen LogP contribution in [0.5, 0.6) is 0 Å². The summed E-state index contributed by atoms with van der Waals surface area (Å²) in [5.74, 6) is -0.386. The van der Waals surface area contributed by atoms with Gasteiger partial charge in [0.15, 0.2) is 14.8 Å². The maximum atomic E-state index is 12.2. The number of nitrogens with one attached hydrogen (secondary N) is 2. The molecule has 0 unspecified atom stereocenters. The number of nitro groups is 1. The zero-order valence-electron chi connectivity index (χ0n) is 14.7. The van der Waals surface area contributed by atoms with Crippen molar-refractivity contribution in [2.24, 2.45) is 0 Å². The minimum Gasteiger partial charge on any atom is -0.362 e. The van der Waals surface area contributed by atoms with Gasteiger partial charge in [-0.1, -0.05) is 29.0 Å². The second-order valence-electron chi connectivity index (χ2n) is 5.98. The van der Waals surface area contributed by atoms with Gasteiger partial charge >= 0.3 is 5.69 Å². The van der Waals surface area contributed by atoms with Gasteiger partial charge in [-0.15, -0.1) is 0 Å². The summed E-state index contributed by atoms with van der Waals surface area (Å²) in [7, 11) is -3.57. The molecule has 0 aliphatic rings. The van der Waals surface area contributed by atoms with Crippen molar-refractivity contribution in [1.82, 2.24) is 0 Å². The number of carbonyl (C=O) groups is 1. The first-order chi connectivity index (χ1) is 12.0. The summed E-state index contributed by atoms with van der Waals surface area (Å²) in [6, 6.07) is 4.88. The molecule has 0 radical (unpaired) electrons.